The minimum atomic E-state index is -0.428. The number of hydrogen-bond donors (Lipinski definition) is 1. The fourth-order valence-corrected chi connectivity index (χ4v) is 2.64. The lowest BCUT2D eigenvalue weighted by atomic mass is 9.73. The van der Waals surface area contributed by atoms with E-state index in [-0.39, 0.29) is 11.9 Å². The van der Waals surface area contributed by atoms with Crippen molar-refractivity contribution in [2.45, 2.75) is 45.1 Å². The lowest BCUT2D eigenvalue weighted by molar-refractivity contribution is -0.131. The van der Waals surface area contributed by atoms with Crippen LogP contribution in [0.3, 0.4) is 0 Å². The summed E-state index contributed by atoms with van der Waals surface area (Å²) in [5.41, 5.74) is 0.680. The van der Waals surface area contributed by atoms with Crippen molar-refractivity contribution in [3.05, 3.63) is 35.9 Å². The van der Waals surface area contributed by atoms with Crippen LogP contribution in [-0.2, 0) is 14.9 Å². The Kier molecular flexibility index (Phi) is 4.81. The Morgan fingerprint density at radius 2 is 1.75 bits per heavy atom. The number of benzene rings is 1. The summed E-state index contributed by atoms with van der Waals surface area (Å²) in [5, 5.41) is 3.19. The van der Waals surface area contributed by atoms with E-state index in [0.29, 0.717) is 19.1 Å². The van der Waals surface area contributed by atoms with Crippen LogP contribution in [0.25, 0.3) is 0 Å². The molecule has 2 rings (SSSR count). The summed E-state index contributed by atoms with van der Waals surface area (Å²) in [4.78, 5) is 12.9. The molecule has 1 atom stereocenters. The van der Waals surface area contributed by atoms with Crippen LogP contribution in [0.4, 0.5) is 0 Å². The second-order valence-corrected chi connectivity index (χ2v) is 6.07. The smallest absolute Gasteiger partial charge is 0.231 e. The first-order valence-electron chi connectivity index (χ1n) is 7.50. The average molecular weight is 275 g/mol. The highest BCUT2D eigenvalue weighted by molar-refractivity contribution is 5.88. The van der Waals surface area contributed by atoms with Crippen LogP contribution in [0, 0.1) is 5.92 Å². The number of ether oxygens (including phenoxy) is 1. The molecule has 0 saturated carbocycles. The summed E-state index contributed by atoms with van der Waals surface area (Å²) in [6.07, 6.45) is 1.52. The zero-order valence-electron chi connectivity index (χ0n) is 12.7. The van der Waals surface area contributed by atoms with Gasteiger partial charge in [-0.3, -0.25) is 4.79 Å². The maximum absolute atomic E-state index is 12.9. The van der Waals surface area contributed by atoms with Crippen LogP contribution in [0.5, 0.6) is 0 Å². The fourth-order valence-electron chi connectivity index (χ4n) is 2.64. The summed E-state index contributed by atoms with van der Waals surface area (Å²) in [6.45, 7) is 7.63. The molecule has 0 aromatic heterocycles. The van der Waals surface area contributed by atoms with E-state index < -0.39 is 5.41 Å². The first-order valence-corrected chi connectivity index (χ1v) is 7.50. The van der Waals surface area contributed by atoms with Crippen LogP contribution in [-0.4, -0.2) is 25.2 Å². The molecular weight excluding hydrogens is 250 g/mol. The number of hydrogen-bond acceptors (Lipinski definition) is 2. The molecule has 1 N–H and O–H groups in total. The Balaban J connectivity index is 2.26. The number of carbonyl (C=O) groups is 1. The van der Waals surface area contributed by atoms with Gasteiger partial charge in [0.25, 0.3) is 0 Å². The summed E-state index contributed by atoms with van der Waals surface area (Å²) in [6, 6.07) is 10.3. The van der Waals surface area contributed by atoms with E-state index in [1.807, 2.05) is 18.2 Å². The van der Waals surface area contributed by atoms with Gasteiger partial charge in [0, 0.05) is 19.3 Å². The summed E-state index contributed by atoms with van der Waals surface area (Å²) in [5.74, 6) is 0.583. The number of amides is 1. The third-order valence-electron chi connectivity index (χ3n) is 4.47. The van der Waals surface area contributed by atoms with Gasteiger partial charge in [0.1, 0.15) is 0 Å². The van der Waals surface area contributed by atoms with Crippen molar-refractivity contribution in [1.29, 1.82) is 0 Å². The molecule has 20 heavy (non-hydrogen) atoms. The Labute approximate surface area is 121 Å². The zero-order valence-corrected chi connectivity index (χ0v) is 12.7. The lowest BCUT2D eigenvalue weighted by Crippen LogP contribution is -2.51. The van der Waals surface area contributed by atoms with E-state index >= 15 is 0 Å². The molecule has 0 spiro atoms. The molecule has 0 radical (unpaired) electrons. The Bertz CT molecular complexity index is 436. The van der Waals surface area contributed by atoms with Gasteiger partial charge in [0.05, 0.1) is 5.41 Å². The molecule has 1 heterocycles. The molecule has 0 aliphatic carbocycles. The Morgan fingerprint density at radius 1 is 1.15 bits per heavy atom. The van der Waals surface area contributed by atoms with E-state index in [4.69, 9.17) is 4.74 Å². The van der Waals surface area contributed by atoms with Crippen LogP contribution < -0.4 is 5.32 Å². The highest BCUT2D eigenvalue weighted by atomic mass is 16.5. The lowest BCUT2D eigenvalue weighted by Gasteiger charge is -2.37. The first kappa shape index (κ1) is 15.0. The van der Waals surface area contributed by atoms with Crippen LogP contribution >= 0.6 is 0 Å². The molecule has 110 valence electrons. The van der Waals surface area contributed by atoms with Crippen LogP contribution in [0.2, 0.25) is 0 Å². The molecule has 1 saturated heterocycles. The van der Waals surface area contributed by atoms with Gasteiger partial charge in [-0.25, -0.2) is 0 Å². The monoisotopic (exact) mass is 275 g/mol. The second-order valence-electron chi connectivity index (χ2n) is 6.07. The maximum atomic E-state index is 12.9. The minimum Gasteiger partial charge on any atom is -0.381 e. The van der Waals surface area contributed by atoms with Gasteiger partial charge in [-0.15, -0.1) is 0 Å². The number of carbonyl (C=O) groups excluding carboxylic acids is 1. The van der Waals surface area contributed by atoms with Crippen molar-refractivity contribution in [3.63, 3.8) is 0 Å². The molecule has 1 aliphatic rings. The van der Waals surface area contributed by atoms with Gasteiger partial charge in [-0.2, -0.15) is 0 Å². The van der Waals surface area contributed by atoms with Crippen LogP contribution in [0.1, 0.15) is 39.2 Å². The van der Waals surface area contributed by atoms with E-state index in [1.165, 1.54) is 0 Å². The molecule has 3 nitrogen and oxygen atoms in total. The van der Waals surface area contributed by atoms with E-state index in [0.717, 1.165) is 18.4 Å². The van der Waals surface area contributed by atoms with Crippen molar-refractivity contribution >= 4 is 5.91 Å². The summed E-state index contributed by atoms with van der Waals surface area (Å²) < 4.78 is 5.47. The molecule has 3 heteroatoms. The van der Waals surface area contributed by atoms with Gasteiger partial charge in [0.2, 0.25) is 5.91 Å². The molecule has 0 bridgehead atoms. The van der Waals surface area contributed by atoms with Gasteiger partial charge in [-0.05, 0) is 31.2 Å². The number of rotatable bonds is 4. The SMILES string of the molecule is CC(C)C(C)NC(=O)C1(c2ccccc2)CCOCC1. The predicted molar refractivity (Wildman–Crippen MR) is 80.6 cm³/mol. The van der Waals surface area contributed by atoms with Crippen molar-refractivity contribution in [2.75, 3.05) is 13.2 Å². The third kappa shape index (κ3) is 3.04. The van der Waals surface area contributed by atoms with E-state index in [9.17, 15) is 4.79 Å². The Hall–Kier alpha value is -1.35. The molecule has 1 aromatic rings. The van der Waals surface area contributed by atoms with Crippen LogP contribution in [0.15, 0.2) is 30.3 Å². The van der Waals surface area contributed by atoms with Gasteiger partial charge < -0.3 is 10.1 Å². The van der Waals surface area contributed by atoms with Crippen molar-refractivity contribution < 1.29 is 9.53 Å². The van der Waals surface area contributed by atoms with Crippen molar-refractivity contribution in [2.24, 2.45) is 5.92 Å². The third-order valence-corrected chi connectivity index (χ3v) is 4.47. The molecule has 1 aromatic carbocycles. The van der Waals surface area contributed by atoms with Crippen molar-refractivity contribution in [3.8, 4) is 0 Å². The highest BCUT2D eigenvalue weighted by Crippen LogP contribution is 2.35. The molecule has 1 fully saturated rings. The normalized spacial score (nSPS) is 19.6. The van der Waals surface area contributed by atoms with E-state index in [2.05, 4.69) is 38.2 Å². The molecule has 1 amide bonds. The highest BCUT2D eigenvalue weighted by Gasteiger charge is 2.42. The average Bonchev–Trinajstić information content (AvgIpc) is 2.48. The van der Waals surface area contributed by atoms with E-state index in [1.54, 1.807) is 0 Å². The fraction of sp³-hybridized carbons (Fsp3) is 0.588. The minimum absolute atomic E-state index is 0.146. The number of nitrogens with one attached hydrogen (secondary N) is 1. The maximum Gasteiger partial charge on any atom is 0.231 e. The summed E-state index contributed by atoms with van der Waals surface area (Å²) in [7, 11) is 0. The zero-order chi connectivity index (χ0) is 14.6. The Morgan fingerprint density at radius 3 is 2.30 bits per heavy atom. The van der Waals surface area contributed by atoms with Crippen molar-refractivity contribution in [1.82, 2.24) is 5.32 Å². The first-order chi connectivity index (χ1) is 9.56. The second kappa shape index (κ2) is 6.40. The predicted octanol–water partition coefficient (Wildman–Crippen LogP) is 2.90. The molecular formula is C17H25NO2. The molecule has 1 aliphatic heterocycles. The van der Waals surface area contributed by atoms with Gasteiger partial charge in [-0.1, -0.05) is 44.2 Å². The van der Waals surface area contributed by atoms with Gasteiger partial charge in [0.15, 0.2) is 0 Å². The van der Waals surface area contributed by atoms with Gasteiger partial charge >= 0.3 is 0 Å². The quantitative estimate of drug-likeness (QED) is 0.917. The summed E-state index contributed by atoms with van der Waals surface area (Å²) >= 11 is 0. The largest absolute Gasteiger partial charge is 0.381 e. The standard InChI is InChI=1S/C17H25NO2/c1-13(2)14(3)18-16(19)17(9-11-20-12-10-17)15-7-5-4-6-8-15/h4-8,13-14H,9-12H2,1-3H3,(H,18,19). The topological polar surface area (TPSA) is 38.3 Å². The molecule has 1 unspecified atom stereocenters.